The summed E-state index contributed by atoms with van der Waals surface area (Å²) < 4.78 is 32.8. The summed E-state index contributed by atoms with van der Waals surface area (Å²) in [6, 6.07) is 11.4. The Morgan fingerprint density at radius 2 is 1.62 bits per heavy atom. The van der Waals surface area contributed by atoms with Crippen molar-refractivity contribution in [2.24, 2.45) is 0 Å². The van der Waals surface area contributed by atoms with E-state index in [0.717, 1.165) is 51.3 Å². The number of likely N-dealkylation sites (tertiary alicyclic amines) is 1. The molecule has 3 aliphatic rings. The van der Waals surface area contributed by atoms with Gasteiger partial charge in [-0.2, -0.15) is 0 Å². The van der Waals surface area contributed by atoms with Crippen LogP contribution in [0.2, 0.25) is 0 Å². The highest BCUT2D eigenvalue weighted by Gasteiger charge is 2.43. The number of amides is 2. The van der Waals surface area contributed by atoms with E-state index in [9.17, 15) is 18.4 Å². The lowest BCUT2D eigenvalue weighted by molar-refractivity contribution is -0.135. The van der Waals surface area contributed by atoms with Gasteiger partial charge in [0, 0.05) is 70.5 Å². The predicted octanol–water partition coefficient (Wildman–Crippen LogP) is 2.20. The second-order valence-corrected chi connectivity index (χ2v) is 10.8. The Kier molecular flexibility index (Phi) is 9.74. The number of hydrogen-bond acceptors (Lipinski definition) is 6. The van der Waals surface area contributed by atoms with Crippen LogP contribution in [0.3, 0.4) is 0 Å². The van der Waals surface area contributed by atoms with Crippen molar-refractivity contribution in [2.45, 2.75) is 31.5 Å². The molecule has 0 aromatic heterocycles. The summed E-state index contributed by atoms with van der Waals surface area (Å²) >= 11 is 0. The van der Waals surface area contributed by atoms with E-state index in [1.807, 2.05) is 4.90 Å². The van der Waals surface area contributed by atoms with E-state index in [-0.39, 0.29) is 23.7 Å². The Morgan fingerprint density at radius 3 is 2.35 bits per heavy atom. The van der Waals surface area contributed by atoms with Crippen LogP contribution < -0.4 is 5.32 Å². The summed E-state index contributed by atoms with van der Waals surface area (Å²) in [5, 5.41) is 3.34. The number of benzene rings is 2. The monoisotopic (exact) mass is 555 g/mol. The molecule has 3 heterocycles. The zero-order valence-electron chi connectivity index (χ0n) is 22.9. The molecule has 3 fully saturated rings. The highest BCUT2D eigenvalue weighted by Crippen LogP contribution is 2.28. The molecule has 10 heteroatoms. The van der Waals surface area contributed by atoms with Gasteiger partial charge < -0.3 is 19.9 Å². The Bertz CT molecular complexity index is 1120. The maximum absolute atomic E-state index is 13.9. The highest BCUT2D eigenvalue weighted by molar-refractivity contribution is 5.98. The van der Waals surface area contributed by atoms with Gasteiger partial charge in [-0.1, -0.05) is 12.1 Å². The molecule has 8 nitrogen and oxygen atoms in total. The first-order valence-electron chi connectivity index (χ1n) is 14.3. The van der Waals surface area contributed by atoms with Crippen molar-refractivity contribution in [3.05, 3.63) is 71.3 Å². The molecule has 0 spiro atoms. The fourth-order valence-corrected chi connectivity index (χ4v) is 5.88. The second kappa shape index (κ2) is 13.6. The molecule has 0 bridgehead atoms. The Labute approximate surface area is 234 Å². The molecule has 0 aliphatic carbocycles. The third-order valence-corrected chi connectivity index (χ3v) is 8.19. The normalized spacial score (nSPS) is 22.5. The number of morpholine rings is 1. The van der Waals surface area contributed by atoms with Gasteiger partial charge in [0.25, 0.3) is 5.91 Å². The first-order chi connectivity index (χ1) is 19.5. The summed E-state index contributed by atoms with van der Waals surface area (Å²) in [7, 11) is 0. The molecule has 3 aliphatic heterocycles. The van der Waals surface area contributed by atoms with Crippen LogP contribution in [0, 0.1) is 11.6 Å². The van der Waals surface area contributed by atoms with Gasteiger partial charge in [0.15, 0.2) is 0 Å². The first-order valence-corrected chi connectivity index (χ1v) is 14.3. The average Bonchev–Trinajstić information content (AvgIpc) is 3.24. The van der Waals surface area contributed by atoms with Gasteiger partial charge >= 0.3 is 0 Å². The number of rotatable bonds is 8. The van der Waals surface area contributed by atoms with Gasteiger partial charge in [-0.25, -0.2) is 8.78 Å². The van der Waals surface area contributed by atoms with Gasteiger partial charge in [-0.15, -0.1) is 0 Å². The Morgan fingerprint density at radius 1 is 0.925 bits per heavy atom. The minimum atomic E-state index is -0.597. The SMILES string of the molecule is O=C(C1CC(N(CCN2CCOCC2)Cc2ccc(F)cc2)CN1C(=O)c1ccc(F)cc1)N1CCCNCC1. The van der Waals surface area contributed by atoms with Gasteiger partial charge in [-0.3, -0.25) is 19.4 Å². The lowest BCUT2D eigenvalue weighted by Gasteiger charge is -2.33. The van der Waals surface area contributed by atoms with Gasteiger partial charge in [0.1, 0.15) is 17.7 Å². The number of hydrogen-bond donors (Lipinski definition) is 1. The molecule has 2 unspecified atom stereocenters. The minimum absolute atomic E-state index is 0.0310. The third-order valence-electron chi connectivity index (χ3n) is 8.19. The molecule has 3 saturated heterocycles. The molecule has 216 valence electrons. The Balaban J connectivity index is 1.39. The van der Waals surface area contributed by atoms with E-state index in [2.05, 4.69) is 15.1 Å². The van der Waals surface area contributed by atoms with Crippen LogP contribution in [0.1, 0.15) is 28.8 Å². The summed E-state index contributed by atoms with van der Waals surface area (Å²) in [5.74, 6) is -0.979. The third kappa shape index (κ3) is 7.23. The van der Waals surface area contributed by atoms with Crippen LogP contribution in [0.5, 0.6) is 0 Å². The maximum atomic E-state index is 13.9. The zero-order chi connectivity index (χ0) is 27.9. The minimum Gasteiger partial charge on any atom is -0.379 e. The van der Waals surface area contributed by atoms with E-state index < -0.39 is 11.9 Å². The predicted molar refractivity (Wildman–Crippen MR) is 148 cm³/mol. The molecule has 2 atom stereocenters. The van der Waals surface area contributed by atoms with Gasteiger partial charge in [0.05, 0.1) is 13.2 Å². The summed E-state index contributed by atoms with van der Waals surface area (Å²) in [6.45, 7) is 8.57. The fraction of sp³-hybridized carbons (Fsp3) is 0.533. The summed E-state index contributed by atoms with van der Waals surface area (Å²) in [5.41, 5.74) is 1.35. The first kappa shape index (κ1) is 28.6. The van der Waals surface area contributed by atoms with Crippen LogP contribution >= 0.6 is 0 Å². The van der Waals surface area contributed by atoms with Crippen LogP contribution in [-0.2, 0) is 16.1 Å². The van der Waals surface area contributed by atoms with Gasteiger partial charge in [0.2, 0.25) is 5.91 Å². The number of ether oxygens (including phenoxy) is 1. The Hall–Kier alpha value is -2.92. The van der Waals surface area contributed by atoms with Gasteiger partial charge in [-0.05, 0) is 61.3 Å². The standard InChI is InChI=1S/C30H39F2N5O3/c31-25-6-2-23(3-7-25)21-36(15-14-34-16-18-40-19-17-34)27-20-28(30(39)35-12-1-10-33-11-13-35)37(22-27)29(38)24-4-8-26(32)9-5-24/h2-9,27-28,33H,1,10-22H2. The molecule has 1 N–H and O–H groups in total. The van der Waals surface area contributed by atoms with Crippen molar-refractivity contribution >= 4 is 11.8 Å². The van der Waals surface area contributed by atoms with Crippen molar-refractivity contribution in [2.75, 3.05) is 72.1 Å². The molecule has 5 rings (SSSR count). The smallest absolute Gasteiger partial charge is 0.254 e. The van der Waals surface area contributed by atoms with E-state index in [4.69, 9.17) is 4.74 Å². The number of nitrogens with one attached hydrogen (secondary N) is 1. The van der Waals surface area contributed by atoms with E-state index in [1.54, 1.807) is 17.0 Å². The van der Waals surface area contributed by atoms with Crippen molar-refractivity contribution in [1.82, 2.24) is 24.9 Å². The molecule has 0 saturated carbocycles. The maximum Gasteiger partial charge on any atom is 0.254 e. The largest absolute Gasteiger partial charge is 0.379 e. The lowest BCUT2D eigenvalue weighted by Crippen LogP contribution is -2.48. The molecular weight excluding hydrogens is 516 g/mol. The van der Waals surface area contributed by atoms with Crippen LogP contribution in [0.25, 0.3) is 0 Å². The fourth-order valence-electron chi connectivity index (χ4n) is 5.88. The van der Waals surface area contributed by atoms with E-state index in [1.165, 1.54) is 36.4 Å². The second-order valence-electron chi connectivity index (χ2n) is 10.8. The van der Waals surface area contributed by atoms with Crippen molar-refractivity contribution < 1.29 is 23.1 Å². The van der Waals surface area contributed by atoms with Crippen molar-refractivity contribution in [3.63, 3.8) is 0 Å². The molecule has 2 amide bonds. The lowest BCUT2D eigenvalue weighted by atomic mass is 10.1. The molecule has 2 aromatic rings. The van der Waals surface area contributed by atoms with Crippen LogP contribution in [0.15, 0.2) is 48.5 Å². The number of carbonyl (C=O) groups is 2. The van der Waals surface area contributed by atoms with E-state index in [0.29, 0.717) is 51.4 Å². The molecule has 2 aromatic carbocycles. The summed E-state index contributed by atoms with van der Waals surface area (Å²) in [4.78, 5) is 35.9. The van der Waals surface area contributed by atoms with Crippen molar-refractivity contribution in [3.8, 4) is 0 Å². The number of carbonyl (C=O) groups excluding carboxylic acids is 2. The zero-order valence-corrected chi connectivity index (χ0v) is 22.9. The topological polar surface area (TPSA) is 68.4 Å². The van der Waals surface area contributed by atoms with Crippen LogP contribution in [0.4, 0.5) is 8.78 Å². The van der Waals surface area contributed by atoms with E-state index >= 15 is 0 Å². The quantitative estimate of drug-likeness (QED) is 0.539. The molecule has 0 radical (unpaired) electrons. The molecular formula is C30H39F2N5O3. The number of nitrogens with zero attached hydrogens (tertiary/aromatic N) is 4. The van der Waals surface area contributed by atoms with Crippen LogP contribution in [-0.4, -0.2) is 116 Å². The average molecular weight is 556 g/mol. The highest BCUT2D eigenvalue weighted by atomic mass is 19.1. The number of halogens is 2. The van der Waals surface area contributed by atoms with Crippen molar-refractivity contribution in [1.29, 1.82) is 0 Å². The molecule has 40 heavy (non-hydrogen) atoms. The summed E-state index contributed by atoms with van der Waals surface area (Å²) in [6.07, 6.45) is 1.38.